The predicted octanol–water partition coefficient (Wildman–Crippen LogP) is 1.72. The van der Waals surface area contributed by atoms with Crippen molar-refractivity contribution in [1.82, 2.24) is 13.8 Å². The van der Waals surface area contributed by atoms with Crippen molar-refractivity contribution in [3.63, 3.8) is 0 Å². The molecule has 8 nitrogen and oxygen atoms in total. The number of nitrogens with zero attached hydrogens (tertiary/aromatic N) is 3. The van der Waals surface area contributed by atoms with Crippen LogP contribution in [0.1, 0.15) is 19.4 Å². The Morgan fingerprint density at radius 1 is 1.10 bits per heavy atom. The SMILES string of the molecule is CCN(CC)S(=O)(=O)c1ccc(=O)n(CC(=O)N(C)CCOc2ccccc2C)c1. The average molecular weight is 436 g/mol. The van der Waals surface area contributed by atoms with E-state index in [-0.39, 0.29) is 17.3 Å². The maximum atomic E-state index is 12.7. The fourth-order valence-electron chi connectivity index (χ4n) is 2.90. The third-order valence-corrected chi connectivity index (χ3v) is 6.84. The Labute approximate surface area is 177 Å². The lowest BCUT2D eigenvalue weighted by Gasteiger charge is -2.20. The van der Waals surface area contributed by atoms with E-state index in [4.69, 9.17) is 4.74 Å². The zero-order valence-corrected chi connectivity index (χ0v) is 18.7. The van der Waals surface area contributed by atoms with Crippen molar-refractivity contribution in [2.75, 3.05) is 33.3 Å². The Morgan fingerprint density at radius 2 is 1.77 bits per heavy atom. The summed E-state index contributed by atoms with van der Waals surface area (Å²) in [6, 6.07) is 10.0. The molecule has 0 aliphatic carbocycles. The molecule has 0 atom stereocenters. The highest BCUT2D eigenvalue weighted by Crippen LogP contribution is 2.16. The van der Waals surface area contributed by atoms with Crippen molar-refractivity contribution < 1.29 is 17.9 Å². The number of para-hydroxylation sites is 1. The van der Waals surface area contributed by atoms with Gasteiger partial charge < -0.3 is 14.2 Å². The summed E-state index contributed by atoms with van der Waals surface area (Å²) in [6.07, 6.45) is 1.23. The van der Waals surface area contributed by atoms with E-state index in [0.717, 1.165) is 15.9 Å². The van der Waals surface area contributed by atoms with Gasteiger partial charge in [0, 0.05) is 32.4 Å². The van der Waals surface area contributed by atoms with Crippen molar-refractivity contribution in [2.45, 2.75) is 32.2 Å². The van der Waals surface area contributed by atoms with Crippen LogP contribution in [0, 0.1) is 6.92 Å². The molecule has 0 saturated carbocycles. The van der Waals surface area contributed by atoms with Gasteiger partial charge in [0.1, 0.15) is 18.9 Å². The van der Waals surface area contributed by atoms with Gasteiger partial charge in [-0.25, -0.2) is 8.42 Å². The number of pyridine rings is 1. The quantitative estimate of drug-likeness (QED) is 0.567. The second-order valence-corrected chi connectivity index (χ2v) is 8.79. The number of sulfonamides is 1. The number of benzene rings is 1. The van der Waals surface area contributed by atoms with Crippen molar-refractivity contribution >= 4 is 15.9 Å². The van der Waals surface area contributed by atoms with Gasteiger partial charge in [0.05, 0.1) is 11.4 Å². The lowest BCUT2D eigenvalue weighted by molar-refractivity contribution is -0.130. The van der Waals surface area contributed by atoms with Crippen LogP contribution in [0.25, 0.3) is 0 Å². The number of amides is 1. The number of likely N-dealkylation sites (N-methyl/N-ethyl adjacent to an activating group) is 1. The van der Waals surface area contributed by atoms with Crippen LogP contribution in [0.3, 0.4) is 0 Å². The fourth-order valence-corrected chi connectivity index (χ4v) is 4.38. The molecule has 0 fully saturated rings. The van der Waals surface area contributed by atoms with Gasteiger partial charge >= 0.3 is 0 Å². The first-order valence-electron chi connectivity index (χ1n) is 9.83. The summed E-state index contributed by atoms with van der Waals surface area (Å²) in [7, 11) is -2.10. The number of carbonyl (C=O) groups is 1. The number of aromatic nitrogens is 1. The second kappa shape index (κ2) is 10.4. The highest BCUT2D eigenvalue weighted by molar-refractivity contribution is 7.89. The first-order valence-corrected chi connectivity index (χ1v) is 11.3. The van der Waals surface area contributed by atoms with Gasteiger partial charge in [0.2, 0.25) is 15.9 Å². The molecule has 0 radical (unpaired) electrons. The van der Waals surface area contributed by atoms with Crippen LogP contribution in [0.5, 0.6) is 5.75 Å². The summed E-state index contributed by atoms with van der Waals surface area (Å²) in [4.78, 5) is 26.1. The molecule has 0 unspecified atom stereocenters. The molecule has 1 heterocycles. The van der Waals surface area contributed by atoms with Crippen LogP contribution < -0.4 is 10.3 Å². The van der Waals surface area contributed by atoms with Crippen LogP contribution in [-0.2, 0) is 21.4 Å². The van der Waals surface area contributed by atoms with Crippen LogP contribution in [-0.4, -0.2) is 61.4 Å². The van der Waals surface area contributed by atoms with E-state index in [1.807, 2.05) is 31.2 Å². The third-order valence-electron chi connectivity index (χ3n) is 4.81. The molecule has 0 spiro atoms. The first-order chi connectivity index (χ1) is 14.2. The summed E-state index contributed by atoms with van der Waals surface area (Å²) in [5, 5.41) is 0. The molecule has 1 amide bonds. The molecular formula is C21H29N3O5S. The maximum Gasteiger partial charge on any atom is 0.251 e. The molecule has 0 bridgehead atoms. The van der Waals surface area contributed by atoms with E-state index in [1.54, 1.807) is 20.9 Å². The highest BCUT2D eigenvalue weighted by atomic mass is 32.2. The number of hydrogen-bond donors (Lipinski definition) is 0. The van der Waals surface area contributed by atoms with E-state index in [0.29, 0.717) is 26.2 Å². The summed E-state index contributed by atoms with van der Waals surface area (Å²) < 4.78 is 33.5. The molecule has 0 N–H and O–H groups in total. The number of rotatable bonds is 10. The lowest BCUT2D eigenvalue weighted by atomic mass is 10.2. The highest BCUT2D eigenvalue weighted by Gasteiger charge is 2.23. The lowest BCUT2D eigenvalue weighted by Crippen LogP contribution is -2.36. The molecule has 9 heteroatoms. The zero-order chi connectivity index (χ0) is 22.3. The van der Waals surface area contributed by atoms with Gasteiger partial charge in [-0.05, 0) is 24.6 Å². The van der Waals surface area contributed by atoms with Gasteiger partial charge in [0.25, 0.3) is 5.56 Å². The Bertz CT molecular complexity index is 1030. The van der Waals surface area contributed by atoms with Crippen molar-refractivity contribution in [1.29, 1.82) is 0 Å². The van der Waals surface area contributed by atoms with Crippen molar-refractivity contribution in [3.8, 4) is 5.75 Å². The Morgan fingerprint density at radius 3 is 2.40 bits per heavy atom. The smallest absolute Gasteiger partial charge is 0.251 e. The van der Waals surface area contributed by atoms with Crippen LogP contribution in [0.4, 0.5) is 0 Å². The molecule has 2 rings (SSSR count). The summed E-state index contributed by atoms with van der Waals surface area (Å²) in [5.41, 5.74) is 0.565. The summed E-state index contributed by atoms with van der Waals surface area (Å²) in [6.45, 7) is 6.46. The molecule has 0 aliphatic heterocycles. The van der Waals surface area contributed by atoms with E-state index in [9.17, 15) is 18.0 Å². The van der Waals surface area contributed by atoms with E-state index in [1.165, 1.54) is 27.5 Å². The topological polar surface area (TPSA) is 88.9 Å². The van der Waals surface area contributed by atoms with Crippen molar-refractivity contribution in [3.05, 3.63) is 58.5 Å². The van der Waals surface area contributed by atoms with Gasteiger partial charge in [-0.3, -0.25) is 9.59 Å². The Kier molecular flexibility index (Phi) is 8.19. The molecule has 1 aromatic carbocycles. The van der Waals surface area contributed by atoms with Crippen LogP contribution in [0.15, 0.2) is 52.3 Å². The van der Waals surface area contributed by atoms with Crippen LogP contribution >= 0.6 is 0 Å². The maximum absolute atomic E-state index is 12.7. The molecule has 0 saturated heterocycles. The molecular weight excluding hydrogens is 406 g/mol. The summed E-state index contributed by atoms with van der Waals surface area (Å²) >= 11 is 0. The third kappa shape index (κ3) is 5.70. The van der Waals surface area contributed by atoms with Gasteiger partial charge in [0.15, 0.2) is 0 Å². The average Bonchev–Trinajstić information content (AvgIpc) is 2.71. The fraction of sp³-hybridized carbons (Fsp3) is 0.429. The molecule has 1 aromatic heterocycles. The largest absolute Gasteiger partial charge is 0.491 e. The Balaban J connectivity index is 2.05. The normalized spacial score (nSPS) is 11.5. The first kappa shape index (κ1) is 23.6. The zero-order valence-electron chi connectivity index (χ0n) is 17.9. The number of ether oxygens (including phenoxy) is 1. The predicted molar refractivity (Wildman–Crippen MR) is 115 cm³/mol. The minimum atomic E-state index is -3.72. The van der Waals surface area contributed by atoms with Gasteiger partial charge in [-0.2, -0.15) is 4.31 Å². The monoisotopic (exact) mass is 435 g/mol. The van der Waals surface area contributed by atoms with Crippen LogP contribution in [0.2, 0.25) is 0 Å². The van der Waals surface area contributed by atoms with E-state index in [2.05, 4.69) is 0 Å². The number of hydrogen-bond acceptors (Lipinski definition) is 5. The number of carbonyl (C=O) groups excluding carboxylic acids is 1. The molecule has 164 valence electrons. The molecule has 0 aliphatic rings. The van der Waals surface area contributed by atoms with Gasteiger partial charge in [-0.1, -0.05) is 32.0 Å². The van der Waals surface area contributed by atoms with E-state index >= 15 is 0 Å². The second-order valence-electron chi connectivity index (χ2n) is 6.85. The number of aryl methyl sites for hydroxylation is 1. The molecule has 2 aromatic rings. The van der Waals surface area contributed by atoms with Crippen molar-refractivity contribution in [2.24, 2.45) is 0 Å². The minimum Gasteiger partial charge on any atom is -0.491 e. The minimum absolute atomic E-state index is 0.0101. The Hall–Kier alpha value is -2.65. The van der Waals surface area contributed by atoms with E-state index < -0.39 is 15.6 Å². The summed E-state index contributed by atoms with van der Waals surface area (Å²) in [5.74, 6) is 0.437. The standard InChI is InChI=1S/C21H29N3O5S/c1-5-24(6-2)30(27,28)18-11-12-20(25)23(15-18)16-21(26)22(4)13-14-29-19-10-8-7-9-17(19)3/h7-12,15H,5-6,13-14,16H2,1-4H3. The molecule has 30 heavy (non-hydrogen) atoms. The van der Waals surface area contributed by atoms with Gasteiger partial charge in [-0.15, -0.1) is 0 Å².